The van der Waals surface area contributed by atoms with Crippen LogP contribution in [-0.4, -0.2) is 31.5 Å². The van der Waals surface area contributed by atoms with Crippen molar-refractivity contribution < 1.29 is 19.9 Å². The second-order valence-electron chi connectivity index (χ2n) is 4.33. The summed E-state index contributed by atoms with van der Waals surface area (Å²) in [5.74, 6) is 1.58. The fourth-order valence-electron chi connectivity index (χ4n) is 1.85. The van der Waals surface area contributed by atoms with E-state index in [0.717, 1.165) is 28.0 Å². The highest BCUT2D eigenvalue weighted by Crippen LogP contribution is 2.33. The number of aliphatic hydroxyl groups is 1. The van der Waals surface area contributed by atoms with E-state index in [4.69, 9.17) is 9.47 Å². The van der Waals surface area contributed by atoms with Crippen LogP contribution >= 0.6 is 22.6 Å². The number of aliphatic hydroxyl groups excluding tert-OH is 1. The van der Waals surface area contributed by atoms with E-state index in [9.17, 15) is 5.11 Å². The summed E-state index contributed by atoms with van der Waals surface area (Å²) < 4.78 is 12.0. The Balaban J connectivity index is 2.83. The highest BCUT2D eigenvalue weighted by atomic mass is 127. The molecule has 0 spiro atoms. The normalized spacial score (nSPS) is 12.3. The molecule has 0 aliphatic carbocycles. The van der Waals surface area contributed by atoms with Crippen molar-refractivity contribution in [3.8, 4) is 11.5 Å². The lowest BCUT2D eigenvalue weighted by atomic mass is 10.1. The van der Waals surface area contributed by atoms with E-state index in [0.29, 0.717) is 6.61 Å². The predicted molar refractivity (Wildman–Crippen MR) is 83.7 cm³/mol. The minimum Gasteiger partial charge on any atom is -0.493 e. The minimum atomic E-state index is 0.210. The Morgan fingerprint density at radius 3 is 2.63 bits per heavy atom. The maximum Gasteiger partial charge on any atom is 0.174 e. The van der Waals surface area contributed by atoms with Gasteiger partial charge in [-0.2, -0.15) is 0 Å². The summed E-state index contributed by atoms with van der Waals surface area (Å²) in [6.07, 6.45) is 0.960. The average Bonchev–Trinajstić information content (AvgIpc) is 2.42. The van der Waals surface area contributed by atoms with Crippen LogP contribution in [-0.2, 0) is 6.54 Å². The van der Waals surface area contributed by atoms with Crippen LogP contribution in [0, 0.1) is 3.57 Å². The molecule has 0 heterocycles. The van der Waals surface area contributed by atoms with Gasteiger partial charge in [-0.05, 0) is 48.1 Å². The molecule has 108 valence electrons. The van der Waals surface area contributed by atoms with E-state index in [1.54, 1.807) is 7.11 Å². The van der Waals surface area contributed by atoms with E-state index in [-0.39, 0.29) is 12.6 Å². The van der Waals surface area contributed by atoms with Gasteiger partial charge in [-0.3, -0.25) is 0 Å². The molecule has 5 heteroatoms. The van der Waals surface area contributed by atoms with Gasteiger partial charge in [-0.1, -0.05) is 6.92 Å². The van der Waals surface area contributed by atoms with Gasteiger partial charge in [-0.25, -0.2) is 0 Å². The maximum atomic E-state index is 9.20. The van der Waals surface area contributed by atoms with Crippen LogP contribution in [0.1, 0.15) is 25.8 Å². The molecule has 0 radical (unpaired) electrons. The van der Waals surface area contributed by atoms with Gasteiger partial charge in [-0.15, -0.1) is 0 Å². The molecule has 0 aliphatic rings. The molecular weight excluding hydrogens is 357 g/mol. The van der Waals surface area contributed by atoms with Gasteiger partial charge in [0, 0.05) is 5.56 Å². The number of ether oxygens (including phenoxy) is 2. The first kappa shape index (κ1) is 16.5. The van der Waals surface area contributed by atoms with Crippen LogP contribution in [0.25, 0.3) is 0 Å². The van der Waals surface area contributed by atoms with Crippen molar-refractivity contribution in [1.29, 1.82) is 0 Å². The quantitative estimate of drug-likeness (QED) is 0.673. The second kappa shape index (κ2) is 8.60. The zero-order valence-corrected chi connectivity index (χ0v) is 13.9. The minimum absolute atomic E-state index is 0.210. The Labute approximate surface area is 128 Å². The Kier molecular flexibility index (Phi) is 7.48. The number of hydrogen-bond acceptors (Lipinski definition) is 3. The van der Waals surface area contributed by atoms with Gasteiger partial charge in [0.15, 0.2) is 11.5 Å². The van der Waals surface area contributed by atoms with Gasteiger partial charge in [0.2, 0.25) is 0 Å². The number of benzene rings is 1. The highest BCUT2D eigenvalue weighted by Gasteiger charge is 2.13. The third kappa shape index (κ3) is 4.81. The van der Waals surface area contributed by atoms with Crippen molar-refractivity contribution in [2.24, 2.45) is 0 Å². The molecule has 4 nitrogen and oxygen atoms in total. The Morgan fingerprint density at radius 2 is 2.11 bits per heavy atom. The lowest BCUT2D eigenvalue weighted by molar-refractivity contribution is -0.706. The Hall–Kier alpha value is -0.530. The fraction of sp³-hybridized carbons (Fsp3) is 0.571. The van der Waals surface area contributed by atoms with Crippen LogP contribution in [0.4, 0.5) is 0 Å². The molecular formula is C14H23INO3+. The van der Waals surface area contributed by atoms with Crippen molar-refractivity contribution in [3.63, 3.8) is 0 Å². The fourth-order valence-corrected chi connectivity index (χ4v) is 2.67. The van der Waals surface area contributed by atoms with Crippen LogP contribution in [0.5, 0.6) is 11.5 Å². The number of nitrogens with two attached hydrogens (primary N) is 1. The van der Waals surface area contributed by atoms with Crippen molar-refractivity contribution in [2.45, 2.75) is 32.9 Å². The summed E-state index contributed by atoms with van der Waals surface area (Å²) in [6.45, 7) is 5.71. The van der Waals surface area contributed by atoms with Gasteiger partial charge in [0.05, 0.1) is 23.9 Å². The molecule has 0 saturated heterocycles. The van der Waals surface area contributed by atoms with E-state index >= 15 is 0 Å². The van der Waals surface area contributed by atoms with Crippen molar-refractivity contribution in [2.75, 3.05) is 20.3 Å². The number of halogens is 1. The summed E-state index contributed by atoms with van der Waals surface area (Å²) >= 11 is 2.27. The summed E-state index contributed by atoms with van der Waals surface area (Å²) in [4.78, 5) is 0. The maximum absolute atomic E-state index is 9.20. The van der Waals surface area contributed by atoms with Crippen LogP contribution in [0.15, 0.2) is 12.1 Å². The number of quaternary nitrogens is 1. The third-order valence-electron chi connectivity index (χ3n) is 3.02. The largest absolute Gasteiger partial charge is 0.493 e. The molecule has 0 aromatic heterocycles. The van der Waals surface area contributed by atoms with E-state index in [2.05, 4.69) is 40.9 Å². The molecule has 1 rings (SSSR count). The summed E-state index contributed by atoms with van der Waals surface area (Å²) in [5.41, 5.74) is 1.18. The topological polar surface area (TPSA) is 55.3 Å². The number of rotatable bonds is 8. The monoisotopic (exact) mass is 380 g/mol. The standard InChI is InChI=1S/C14H22INO3/c1-4-11(9-17)16-8-10-6-12(15)14(19-5-2)13(7-10)18-3/h6-7,11,16-17H,4-5,8-9H2,1-3H3/p+1/t11-/m1/s1. The first-order chi connectivity index (χ1) is 9.15. The molecule has 1 aromatic rings. The molecule has 0 fully saturated rings. The molecule has 0 bridgehead atoms. The van der Waals surface area contributed by atoms with E-state index in [1.165, 1.54) is 5.56 Å². The molecule has 0 aliphatic heterocycles. The van der Waals surface area contributed by atoms with E-state index < -0.39 is 0 Å². The summed E-state index contributed by atoms with van der Waals surface area (Å²) in [6, 6.07) is 4.37. The molecule has 1 atom stereocenters. The highest BCUT2D eigenvalue weighted by molar-refractivity contribution is 14.1. The Morgan fingerprint density at radius 1 is 1.37 bits per heavy atom. The molecule has 19 heavy (non-hydrogen) atoms. The lowest BCUT2D eigenvalue weighted by Gasteiger charge is -2.14. The second-order valence-corrected chi connectivity index (χ2v) is 5.49. The summed E-state index contributed by atoms with van der Waals surface area (Å²) in [5, 5.41) is 11.4. The molecule has 0 unspecified atom stereocenters. The van der Waals surface area contributed by atoms with Crippen molar-refractivity contribution in [1.82, 2.24) is 0 Å². The van der Waals surface area contributed by atoms with Crippen LogP contribution in [0.2, 0.25) is 0 Å². The van der Waals surface area contributed by atoms with Gasteiger partial charge >= 0.3 is 0 Å². The molecule has 1 aromatic carbocycles. The molecule has 0 saturated carbocycles. The Bertz CT molecular complexity index is 395. The number of methoxy groups -OCH3 is 1. The SMILES string of the molecule is CCOc1c(I)cc(C[NH2+][C@H](CC)CO)cc1OC. The van der Waals surface area contributed by atoms with Crippen molar-refractivity contribution in [3.05, 3.63) is 21.3 Å². The van der Waals surface area contributed by atoms with Crippen LogP contribution in [0.3, 0.4) is 0 Å². The third-order valence-corrected chi connectivity index (χ3v) is 3.82. The number of hydrogen-bond donors (Lipinski definition) is 2. The van der Waals surface area contributed by atoms with Gasteiger partial charge < -0.3 is 19.9 Å². The van der Waals surface area contributed by atoms with Gasteiger partial charge in [0.25, 0.3) is 0 Å². The van der Waals surface area contributed by atoms with Crippen molar-refractivity contribution >= 4 is 22.6 Å². The molecule has 3 N–H and O–H groups in total. The van der Waals surface area contributed by atoms with Crippen LogP contribution < -0.4 is 14.8 Å². The molecule has 0 amide bonds. The predicted octanol–water partition coefficient (Wildman–Crippen LogP) is 1.53. The summed E-state index contributed by atoms with van der Waals surface area (Å²) in [7, 11) is 1.66. The first-order valence-electron chi connectivity index (χ1n) is 6.59. The first-order valence-corrected chi connectivity index (χ1v) is 7.67. The zero-order valence-electron chi connectivity index (χ0n) is 11.8. The average molecular weight is 380 g/mol. The van der Waals surface area contributed by atoms with E-state index in [1.807, 2.05) is 13.0 Å². The zero-order chi connectivity index (χ0) is 14.3. The smallest absolute Gasteiger partial charge is 0.174 e. The lowest BCUT2D eigenvalue weighted by Crippen LogP contribution is -2.89. The van der Waals surface area contributed by atoms with Gasteiger partial charge in [0.1, 0.15) is 12.6 Å².